The topological polar surface area (TPSA) is 57.6 Å². The van der Waals surface area contributed by atoms with E-state index in [-0.39, 0.29) is 18.2 Å². The number of amides is 1. The van der Waals surface area contributed by atoms with Crippen molar-refractivity contribution < 1.29 is 14.7 Å². The number of thioether (sulfide) groups is 1. The van der Waals surface area contributed by atoms with Gasteiger partial charge < -0.3 is 10.0 Å². The highest BCUT2D eigenvalue weighted by molar-refractivity contribution is 9.10. The lowest BCUT2D eigenvalue weighted by atomic mass is 10.4. The third kappa shape index (κ3) is 6.11. The third-order valence-electron chi connectivity index (χ3n) is 2.35. The Balaban J connectivity index is 2.51. The van der Waals surface area contributed by atoms with Crippen molar-refractivity contribution in [3.05, 3.63) is 28.7 Å². The first kappa shape index (κ1) is 16.0. The highest BCUT2D eigenvalue weighted by Crippen LogP contribution is 2.20. The Labute approximate surface area is 125 Å². The zero-order chi connectivity index (χ0) is 14.3. The first-order valence-corrected chi connectivity index (χ1v) is 7.68. The normalized spacial score (nSPS) is 10.2. The number of benzene rings is 1. The number of halogens is 1. The van der Waals surface area contributed by atoms with Gasteiger partial charge in [-0.3, -0.25) is 9.59 Å². The van der Waals surface area contributed by atoms with Crippen LogP contribution in [0.5, 0.6) is 0 Å². The van der Waals surface area contributed by atoms with Crippen LogP contribution >= 0.6 is 27.7 Å². The van der Waals surface area contributed by atoms with E-state index in [4.69, 9.17) is 5.11 Å². The lowest BCUT2D eigenvalue weighted by molar-refractivity contribution is -0.143. The molecule has 1 amide bonds. The van der Waals surface area contributed by atoms with E-state index in [1.807, 2.05) is 31.2 Å². The van der Waals surface area contributed by atoms with Crippen molar-refractivity contribution in [2.24, 2.45) is 0 Å². The maximum Gasteiger partial charge on any atom is 0.323 e. The molecule has 0 saturated heterocycles. The van der Waals surface area contributed by atoms with Gasteiger partial charge in [0.1, 0.15) is 6.54 Å². The summed E-state index contributed by atoms with van der Waals surface area (Å²) in [6.07, 6.45) is 0.752. The zero-order valence-electron chi connectivity index (χ0n) is 10.6. The fourth-order valence-electron chi connectivity index (χ4n) is 1.49. The smallest absolute Gasteiger partial charge is 0.323 e. The van der Waals surface area contributed by atoms with Gasteiger partial charge in [0.05, 0.1) is 5.75 Å². The van der Waals surface area contributed by atoms with Gasteiger partial charge in [-0.15, -0.1) is 11.8 Å². The molecule has 0 aliphatic rings. The molecule has 0 spiro atoms. The van der Waals surface area contributed by atoms with Crippen molar-refractivity contribution in [3.8, 4) is 0 Å². The van der Waals surface area contributed by atoms with Gasteiger partial charge in [-0.2, -0.15) is 0 Å². The molecule has 1 aromatic carbocycles. The molecule has 1 rings (SSSR count). The van der Waals surface area contributed by atoms with Gasteiger partial charge in [0.25, 0.3) is 0 Å². The standard InChI is InChI=1S/C13H16BrNO3S/c1-2-7-15(8-13(17)18)12(16)9-19-11-5-3-10(14)4-6-11/h3-6H,2,7-9H2,1H3,(H,17,18). The zero-order valence-corrected chi connectivity index (χ0v) is 13.0. The molecule has 0 saturated carbocycles. The van der Waals surface area contributed by atoms with Gasteiger partial charge >= 0.3 is 5.97 Å². The summed E-state index contributed by atoms with van der Waals surface area (Å²) in [4.78, 5) is 25.0. The highest BCUT2D eigenvalue weighted by Gasteiger charge is 2.15. The minimum absolute atomic E-state index is 0.142. The van der Waals surface area contributed by atoms with Crippen LogP contribution in [0.2, 0.25) is 0 Å². The van der Waals surface area contributed by atoms with Crippen molar-refractivity contribution in [2.45, 2.75) is 18.2 Å². The van der Waals surface area contributed by atoms with Crippen molar-refractivity contribution in [2.75, 3.05) is 18.8 Å². The van der Waals surface area contributed by atoms with E-state index in [0.29, 0.717) is 6.54 Å². The van der Waals surface area contributed by atoms with E-state index in [2.05, 4.69) is 15.9 Å². The third-order valence-corrected chi connectivity index (χ3v) is 3.87. The molecule has 0 unspecified atom stereocenters. The molecule has 0 aliphatic heterocycles. The number of rotatable bonds is 7. The second-order valence-corrected chi connectivity index (χ2v) is 5.92. The molecule has 104 valence electrons. The van der Waals surface area contributed by atoms with E-state index < -0.39 is 5.97 Å². The molecule has 19 heavy (non-hydrogen) atoms. The molecule has 1 aromatic rings. The number of hydrogen-bond donors (Lipinski definition) is 1. The molecular weight excluding hydrogens is 330 g/mol. The number of carbonyl (C=O) groups excluding carboxylic acids is 1. The summed E-state index contributed by atoms with van der Waals surface area (Å²) in [5, 5.41) is 8.77. The molecule has 0 bridgehead atoms. The number of nitrogens with zero attached hydrogens (tertiary/aromatic N) is 1. The van der Waals surface area contributed by atoms with E-state index in [1.54, 1.807) is 0 Å². The van der Waals surface area contributed by atoms with E-state index in [9.17, 15) is 9.59 Å². The van der Waals surface area contributed by atoms with Gasteiger partial charge in [-0.05, 0) is 30.7 Å². The molecule has 0 aromatic heterocycles. The Kier molecular flexibility index (Phi) is 6.94. The molecule has 0 fully saturated rings. The number of carbonyl (C=O) groups is 2. The van der Waals surface area contributed by atoms with E-state index >= 15 is 0 Å². The Morgan fingerprint density at radius 3 is 2.47 bits per heavy atom. The van der Waals surface area contributed by atoms with Crippen LogP contribution in [0.4, 0.5) is 0 Å². The van der Waals surface area contributed by atoms with Crippen molar-refractivity contribution >= 4 is 39.6 Å². The van der Waals surface area contributed by atoms with Crippen LogP contribution in [0.15, 0.2) is 33.6 Å². The highest BCUT2D eigenvalue weighted by atomic mass is 79.9. The van der Waals surface area contributed by atoms with Crippen LogP contribution in [0.25, 0.3) is 0 Å². The van der Waals surface area contributed by atoms with Crippen LogP contribution < -0.4 is 0 Å². The molecule has 0 atom stereocenters. The van der Waals surface area contributed by atoms with Crippen molar-refractivity contribution in [1.82, 2.24) is 4.90 Å². The number of carboxylic acids is 1. The van der Waals surface area contributed by atoms with Crippen LogP contribution in [-0.2, 0) is 9.59 Å². The summed E-state index contributed by atoms with van der Waals surface area (Å²) in [5.41, 5.74) is 0. The lowest BCUT2D eigenvalue weighted by Crippen LogP contribution is -2.37. The molecule has 6 heteroatoms. The number of aliphatic carboxylic acids is 1. The summed E-state index contributed by atoms with van der Waals surface area (Å²) < 4.78 is 0.988. The predicted molar refractivity (Wildman–Crippen MR) is 79.4 cm³/mol. The Hall–Kier alpha value is -1.01. The first-order valence-electron chi connectivity index (χ1n) is 5.91. The summed E-state index contributed by atoms with van der Waals surface area (Å²) in [7, 11) is 0. The van der Waals surface area contributed by atoms with Gasteiger partial charge in [0.15, 0.2) is 0 Å². The monoisotopic (exact) mass is 345 g/mol. The van der Waals surface area contributed by atoms with Crippen LogP contribution in [0, 0.1) is 0 Å². The molecule has 0 heterocycles. The second-order valence-electron chi connectivity index (χ2n) is 3.95. The van der Waals surface area contributed by atoms with Gasteiger partial charge in [0, 0.05) is 15.9 Å². The average molecular weight is 346 g/mol. The summed E-state index contributed by atoms with van der Waals surface area (Å²) in [6.45, 7) is 2.17. The Morgan fingerprint density at radius 1 is 1.32 bits per heavy atom. The molecular formula is C13H16BrNO3S. The summed E-state index contributed by atoms with van der Waals surface area (Å²) in [6, 6.07) is 7.66. The van der Waals surface area contributed by atoms with Crippen LogP contribution in [0.3, 0.4) is 0 Å². The first-order chi connectivity index (χ1) is 9.02. The summed E-state index contributed by atoms with van der Waals surface area (Å²) >= 11 is 4.76. The van der Waals surface area contributed by atoms with Crippen molar-refractivity contribution in [3.63, 3.8) is 0 Å². The number of hydrogen-bond acceptors (Lipinski definition) is 3. The Bertz CT molecular complexity index is 436. The quantitative estimate of drug-likeness (QED) is 0.772. The maximum atomic E-state index is 11.9. The average Bonchev–Trinajstić information content (AvgIpc) is 2.37. The summed E-state index contributed by atoms with van der Waals surface area (Å²) in [5.74, 6) is -0.859. The number of carboxylic acid groups (broad SMARTS) is 1. The lowest BCUT2D eigenvalue weighted by Gasteiger charge is -2.19. The van der Waals surface area contributed by atoms with Crippen molar-refractivity contribution in [1.29, 1.82) is 0 Å². The van der Waals surface area contributed by atoms with Gasteiger partial charge in [-0.25, -0.2) is 0 Å². The minimum Gasteiger partial charge on any atom is -0.480 e. The minimum atomic E-state index is -0.976. The second kappa shape index (κ2) is 8.22. The maximum absolute atomic E-state index is 11.9. The van der Waals surface area contributed by atoms with Crippen LogP contribution in [0.1, 0.15) is 13.3 Å². The fourth-order valence-corrected chi connectivity index (χ4v) is 2.56. The van der Waals surface area contributed by atoms with Gasteiger partial charge in [-0.1, -0.05) is 22.9 Å². The molecule has 4 nitrogen and oxygen atoms in total. The van der Waals surface area contributed by atoms with E-state index in [0.717, 1.165) is 15.8 Å². The molecule has 0 radical (unpaired) electrons. The van der Waals surface area contributed by atoms with Crippen LogP contribution in [-0.4, -0.2) is 40.7 Å². The van der Waals surface area contributed by atoms with E-state index in [1.165, 1.54) is 16.7 Å². The Morgan fingerprint density at radius 2 is 1.95 bits per heavy atom. The fraction of sp³-hybridized carbons (Fsp3) is 0.385. The largest absolute Gasteiger partial charge is 0.480 e. The SMILES string of the molecule is CCCN(CC(=O)O)C(=O)CSc1ccc(Br)cc1. The predicted octanol–water partition coefficient (Wildman–Crippen LogP) is 2.86. The van der Waals surface area contributed by atoms with Gasteiger partial charge in [0.2, 0.25) is 5.91 Å². The molecule has 0 aliphatic carbocycles. The molecule has 1 N–H and O–H groups in total.